The molecule has 0 rings (SSSR count). The first-order valence-corrected chi connectivity index (χ1v) is 2.74. The highest BCUT2D eigenvalue weighted by Gasteiger charge is 2.12. The van der Waals surface area contributed by atoms with Crippen LogP contribution in [0.25, 0.3) is 0 Å². The molecular weight excluding hydrogens is 139 g/mol. The summed E-state index contributed by atoms with van der Waals surface area (Å²) in [5.41, 5.74) is 5.00. The molecule has 0 aliphatic carbocycles. The second-order valence-electron chi connectivity index (χ2n) is 1.88. The molecule has 10 heavy (non-hydrogen) atoms. The molecule has 0 aromatic heterocycles. The van der Waals surface area contributed by atoms with Gasteiger partial charge in [-0.15, -0.1) is 0 Å². The molecular formula is C5H9NO4. The van der Waals surface area contributed by atoms with Crippen molar-refractivity contribution in [1.82, 2.24) is 0 Å². The van der Waals surface area contributed by atoms with E-state index in [1.807, 2.05) is 0 Å². The van der Waals surface area contributed by atoms with Gasteiger partial charge in [0.25, 0.3) is 0 Å². The molecule has 0 aliphatic rings. The summed E-state index contributed by atoms with van der Waals surface area (Å²) in [6, 6.07) is -1.06. The average Bonchev–Trinajstić information content (AvgIpc) is 1.82. The van der Waals surface area contributed by atoms with Gasteiger partial charge in [-0.05, 0) is 6.42 Å². The molecule has 0 bridgehead atoms. The van der Waals surface area contributed by atoms with Crippen molar-refractivity contribution in [3.05, 3.63) is 0 Å². The Hall–Kier alpha value is -1.10. The number of carboxylic acid groups (broad SMARTS) is 2. The van der Waals surface area contributed by atoms with E-state index >= 15 is 0 Å². The van der Waals surface area contributed by atoms with E-state index in [-0.39, 0.29) is 12.8 Å². The highest BCUT2D eigenvalue weighted by molar-refractivity contribution is 5.74. The number of nitrogens with two attached hydrogens (primary N) is 1. The van der Waals surface area contributed by atoms with Crippen LogP contribution in [0.2, 0.25) is 0 Å². The number of carboxylic acids is 2. The lowest BCUT2D eigenvalue weighted by Crippen LogP contribution is -2.30. The molecule has 0 saturated carbocycles. The Morgan fingerprint density at radius 2 is 1.90 bits per heavy atom. The van der Waals surface area contributed by atoms with Crippen LogP contribution in [0.1, 0.15) is 12.8 Å². The Bertz CT molecular complexity index is 145. The van der Waals surface area contributed by atoms with Crippen molar-refractivity contribution in [2.45, 2.75) is 18.9 Å². The summed E-state index contributed by atoms with van der Waals surface area (Å²) in [4.78, 5) is 19.9. The Labute approximate surface area is 57.5 Å². The smallest absolute Gasteiger partial charge is 0.320 e. The first-order valence-electron chi connectivity index (χ1n) is 2.74. The van der Waals surface area contributed by atoms with Gasteiger partial charge in [-0.25, -0.2) is 0 Å². The van der Waals surface area contributed by atoms with Gasteiger partial charge in [0.2, 0.25) is 0 Å². The normalized spacial score (nSPS) is 12.5. The zero-order chi connectivity index (χ0) is 8.15. The Morgan fingerprint density at radius 1 is 1.40 bits per heavy atom. The van der Waals surface area contributed by atoms with Crippen LogP contribution in [-0.4, -0.2) is 28.2 Å². The third kappa shape index (κ3) is 3.85. The van der Waals surface area contributed by atoms with Crippen molar-refractivity contribution in [3.63, 3.8) is 0 Å². The van der Waals surface area contributed by atoms with Crippen LogP contribution in [0.3, 0.4) is 0 Å². The van der Waals surface area contributed by atoms with E-state index in [1.54, 1.807) is 0 Å². The van der Waals surface area contributed by atoms with Crippen LogP contribution in [-0.2, 0) is 9.59 Å². The van der Waals surface area contributed by atoms with Gasteiger partial charge < -0.3 is 15.9 Å². The van der Waals surface area contributed by atoms with E-state index in [0.29, 0.717) is 0 Å². The monoisotopic (exact) mass is 148 g/mol. The summed E-state index contributed by atoms with van der Waals surface area (Å²) in [5, 5.41) is 16.3. The van der Waals surface area contributed by atoms with Gasteiger partial charge in [0, 0.05) is 6.42 Å². The van der Waals surface area contributed by atoms with Crippen LogP contribution in [0.4, 0.5) is 0 Å². The van der Waals surface area contributed by atoms with Crippen LogP contribution in [0.15, 0.2) is 0 Å². The molecule has 0 amide bonds. The molecule has 0 heterocycles. The largest absolute Gasteiger partial charge is 0.481 e. The van der Waals surface area contributed by atoms with Gasteiger partial charge in [0.15, 0.2) is 0 Å². The summed E-state index contributed by atoms with van der Waals surface area (Å²) in [6.45, 7) is 0. The van der Waals surface area contributed by atoms with Gasteiger partial charge in [0.1, 0.15) is 6.04 Å². The van der Waals surface area contributed by atoms with Gasteiger partial charge in [-0.3, -0.25) is 9.59 Å². The maximum Gasteiger partial charge on any atom is 0.320 e. The highest BCUT2D eigenvalue weighted by atomic mass is 16.5. The zero-order valence-electron chi connectivity index (χ0n) is 5.28. The number of carbonyl (C=O) groups is 2. The molecule has 0 aromatic rings. The second kappa shape index (κ2) is 3.84. The van der Waals surface area contributed by atoms with Crippen molar-refractivity contribution >= 4 is 11.9 Å². The maximum atomic E-state index is 9.99. The fraction of sp³-hybridized carbons (Fsp3) is 0.600. The number of aliphatic carboxylic acids is 2. The van der Waals surface area contributed by atoms with Crippen LogP contribution < -0.4 is 5.73 Å². The van der Waals surface area contributed by atoms with Crippen molar-refractivity contribution < 1.29 is 19.8 Å². The van der Waals surface area contributed by atoms with Crippen LogP contribution in [0.5, 0.6) is 0 Å². The van der Waals surface area contributed by atoms with Crippen molar-refractivity contribution in [2.24, 2.45) is 5.73 Å². The molecule has 0 aromatic carbocycles. The molecule has 0 saturated heterocycles. The average molecular weight is 148 g/mol. The minimum absolute atomic E-state index is 0.0231. The fourth-order valence-corrected chi connectivity index (χ4v) is 0.402. The predicted octanol–water partition coefficient (Wildman–Crippen LogP) is -0.737. The molecule has 0 unspecified atom stereocenters. The lowest BCUT2D eigenvalue weighted by atomic mass is 10.2. The summed E-state index contributed by atoms with van der Waals surface area (Å²) < 4.78 is 0. The van der Waals surface area contributed by atoms with E-state index in [0.717, 1.165) is 0 Å². The summed E-state index contributed by atoms with van der Waals surface area (Å²) >= 11 is 0. The second-order valence-corrected chi connectivity index (χ2v) is 1.88. The molecule has 5 nitrogen and oxygen atoms in total. The van der Waals surface area contributed by atoms with E-state index in [9.17, 15) is 9.59 Å². The number of rotatable bonds is 4. The minimum Gasteiger partial charge on any atom is -0.481 e. The number of hydrogen-bond acceptors (Lipinski definition) is 3. The van der Waals surface area contributed by atoms with E-state index in [2.05, 4.69) is 0 Å². The molecule has 0 aliphatic heterocycles. The molecule has 0 spiro atoms. The standard InChI is InChI=1S/C5H9NO4/c6-3(5(9)10)1-2-4(7)8/h3H,1-2,6H2,(H,7,8)(H,9,10)/t3-/m1/s1/i4+1. The molecule has 1 atom stereocenters. The summed E-state index contributed by atoms with van der Waals surface area (Å²) in [7, 11) is 0. The maximum absolute atomic E-state index is 9.99. The molecule has 58 valence electrons. The van der Waals surface area contributed by atoms with Crippen LogP contribution in [0, 0.1) is 0 Å². The fourth-order valence-electron chi connectivity index (χ4n) is 0.402. The Balaban J connectivity index is 3.49. The predicted molar refractivity (Wildman–Crippen MR) is 32.5 cm³/mol. The van der Waals surface area contributed by atoms with Gasteiger partial charge in [-0.2, -0.15) is 0 Å². The van der Waals surface area contributed by atoms with Crippen molar-refractivity contribution in [3.8, 4) is 0 Å². The summed E-state index contributed by atoms with van der Waals surface area (Å²) in [5.74, 6) is -2.20. The van der Waals surface area contributed by atoms with E-state index in [4.69, 9.17) is 15.9 Å². The first-order chi connectivity index (χ1) is 4.54. The lowest BCUT2D eigenvalue weighted by Gasteiger charge is -2.01. The third-order valence-electron chi connectivity index (χ3n) is 0.986. The van der Waals surface area contributed by atoms with Gasteiger partial charge in [-0.1, -0.05) is 0 Å². The zero-order valence-corrected chi connectivity index (χ0v) is 5.28. The third-order valence-corrected chi connectivity index (χ3v) is 0.986. The highest BCUT2D eigenvalue weighted by Crippen LogP contribution is 1.93. The first kappa shape index (κ1) is 8.90. The minimum atomic E-state index is -1.17. The Morgan fingerprint density at radius 3 is 2.20 bits per heavy atom. The van der Waals surface area contributed by atoms with Crippen molar-refractivity contribution in [1.29, 1.82) is 0 Å². The molecule has 5 heteroatoms. The quantitative estimate of drug-likeness (QED) is 0.456. The molecule has 4 N–H and O–H groups in total. The van der Waals surface area contributed by atoms with Gasteiger partial charge >= 0.3 is 11.9 Å². The van der Waals surface area contributed by atoms with Gasteiger partial charge in [0.05, 0.1) is 0 Å². The molecule has 0 radical (unpaired) electrons. The molecule has 0 fully saturated rings. The van der Waals surface area contributed by atoms with E-state index in [1.165, 1.54) is 0 Å². The number of hydrogen-bond donors (Lipinski definition) is 3. The Kier molecular flexibility index (Phi) is 3.42. The summed E-state index contributed by atoms with van der Waals surface area (Å²) in [6.07, 6.45) is -0.224. The topological polar surface area (TPSA) is 101 Å². The van der Waals surface area contributed by atoms with E-state index < -0.39 is 18.0 Å². The SMILES string of the molecule is N[C@H](CC[13C](=O)O)C(=O)O. The van der Waals surface area contributed by atoms with Crippen LogP contribution >= 0.6 is 0 Å². The lowest BCUT2D eigenvalue weighted by molar-refractivity contribution is -0.139. The van der Waals surface area contributed by atoms with Crippen molar-refractivity contribution in [2.75, 3.05) is 0 Å².